The molecule has 0 aromatic rings. The molecular formula is C14H29NO9. The van der Waals surface area contributed by atoms with E-state index in [1.807, 2.05) is 0 Å². The minimum Gasteiger partial charge on any atom is -0.481 e. The molecule has 0 saturated heterocycles. The van der Waals surface area contributed by atoms with Gasteiger partial charge in [0.25, 0.3) is 0 Å². The molecule has 0 aliphatic rings. The van der Waals surface area contributed by atoms with Gasteiger partial charge in [-0.3, -0.25) is 9.59 Å². The van der Waals surface area contributed by atoms with Crippen LogP contribution in [0.3, 0.4) is 0 Å². The van der Waals surface area contributed by atoms with E-state index < -0.39 is 24.1 Å². The smallest absolute Gasteiger partial charge is 0.402 e. The summed E-state index contributed by atoms with van der Waals surface area (Å²) in [5, 5.41) is 47.9. The topological polar surface area (TPSA) is 199 Å². The molecule has 8 N–H and O–H groups in total. The molecular weight excluding hydrogens is 326 g/mol. The van der Waals surface area contributed by atoms with Crippen LogP contribution >= 0.6 is 0 Å². The van der Waals surface area contributed by atoms with Crippen molar-refractivity contribution in [2.24, 2.45) is 5.73 Å². The number of amides is 1. The maximum Gasteiger partial charge on any atom is 0.402 e. The maximum absolute atomic E-state index is 10.1. The number of primary amides is 1. The van der Waals surface area contributed by atoms with Gasteiger partial charge in [0.1, 0.15) is 6.10 Å². The highest BCUT2D eigenvalue weighted by Gasteiger charge is 1.98. The first-order valence-electron chi connectivity index (χ1n) is 7.49. The molecule has 10 heteroatoms. The van der Waals surface area contributed by atoms with E-state index in [0.717, 1.165) is 38.5 Å². The Labute approximate surface area is 140 Å². The van der Waals surface area contributed by atoms with E-state index in [9.17, 15) is 9.59 Å². The van der Waals surface area contributed by atoms with Crippen molar-refractivity contribution in [2.75, 3.05) is 13.2 Å². The molecule has 24 heavy (non-hydrogen) atoms. The lowest BCUT2D eigenvalue weighted by atomic mass is 10.1. The molecule has 1 amide bonds. The average molecular weight is 355 g/mol. The highest BCUT2D eigenvalue weighted by atomic mass is 16.4. The van der Waals surface area contributed by atoms with Gasteiger partial charge in [0.15, 0.2) is 0 Å². The Morgan fingerprint density at radius 3 is 1.12 bits per heavy atom. The van der Waals surface area contributed by atoms with Gasteiger partial charge in [-0.1, -0.05) is 25.7 Å². The van der Waals surface area contributed by atoms with Crippen molar-refractivity contribution in [3.63, 3.8) is 0 Å². The summed E-state index contributed by atoms with van der Waals surface area (Å²) in [4.78, 5) is 29.1. The Bertz CT molecular complexity index is 295. The number of unbranched alkanes of at least 4 members (excludes halogenated alkanes) is 5. The van der Waals surface area contributed by atoms with E-state index in [4.69, 9.17) is 35.4 Å². The van der Waals surface area contributed by atoms with Crippen LogP contribution < -0.4 is 5.73 Å². The standard InChI is InChI=1S/C10H18O4.C3H8O3.CH3NO2/c11-9(12)7-5-3-1-2-4-6-8-10(13)14;4-1-3(6)2-5;2-1(3)4/h1-8H2,(H,11,12)(H,13,14);3-6H,1-2H2;2H2,(H,3,4). The molecule has 0 aromatic heterocycles. The molecule has 144 valence electrons. The van der Waals surface area contributed by atoms with Gasteiger partial charge in [-0.2, -0.15) is 0 Å². The van der Waals surface area contributed by atoms with E-state index in [1.54, 1.807) is 0 Å². The van der Waals surface area contributed by atoms with Crippen LogP contribution in [-0.2, 0) is 9.59 Å². The van der Waals surface area contributed by atoms with Crippen LogP contribution in [0.1, 0.15) is 51.4 Å². The van der Waals surface area contributed by atoms with E-state index in [0.29, 0.717) is 0 Å². The Hall–Kier alpha value is -1.91. The van der Waals surface area contributed by atoms with Gasteiger partial charge >= 0.3 is 18.0 Å². The number of aliphatic carboxylic acids is 2. The van der Waals surface area contributed by atoms with E-state index in [-0.39, 0.29) is 26.1 Å². The summed E-state index contributed by atoms with van der Waals surface area (Å²) in [5.74, 6) is -1.48. The summed E-state index contributed by atoms with van der Waals surface area (Å²) in [6.07, 6.45) is 3.54. The van der Waals surface area contributed by atoms with Crippen LogP contribution in [0.15, 0.2) is 0 Å². The summed E-state index contributed by atoms with van der Waals surface area (Å²) < 4.78 is 0. The molecule has 0 aliphatic carbocycles. The summed E-state index contributed by atoms with van der Waals surface area (Å²) in [6, 6.07) is 0. The van der Waals surface area contributed by atoms with Crippen LogP contribution in [0.5, 0.6) is 0 Å². The second-order valence-corrected chi connectivity index (χ2v) is 4.77. The quantitative estimate of drug-likeness (QED) is 0.253. The second-order valence-electron chi connectivity index (χ2n) is 4.77. The Morgan fingerprint density at radius 1 is 0.708 bits per heavy atom. The molecule has 0 saturated carbocycles. The largest absolute Gasteiger partial charge is 0.481 e. The molecule has 0 radical (unpaired) electrons. The summed E-state index contributed by atoms with van der Waals surface area (Å²) >= 11 is 0. The molecule has 0 atom stereocenters. The highest BCUT2D eigenvalue weighted by molar-refractivity contribution is 5.66. The normalized spacial score (nSPS) is 9.33. The fourth-order valence-electron chi connectivity index (χ4n) is 1.32. The zero-order valence-corrected chi connectivity index (χ0v) is 13.6. The van der Waals surface area contributed by atoms with Crippen LogP contribution in [0, 0.1) is 0 Å². The first-order chi connectivity index (χ1) is 11.2. The first-order valence-corrected chi connectivity index (χ1v) is 7.49. The van der Waals surface area contributed by atoms with E-state index in [1.165, 1.54) is 0 Å². The predicted octanol–water partition coefficient (Wildman–Crippen LogP) is 0.231. The van der Waals surface area contributed by atoms with E-state index >= 15 is 0 Å². The minimum absolute atomic E-state index is 0.245. The number of carbonyl (C=O) groups is 3. The van der Waals surface area contributed by atoms with Gasteiger partial charge in [0, 0.05) is 12.8 Å². The second kappa shape index (κ2) is 21.1. The van der Waals surface area contributed by atoms with Gasteiger partial charge in [-0.15, -0.1) is 0 Å². The predicted molar refractivity (Wildman–Crippen MR) is 84.6 cm³/mol. The lowest BCUT2D eigenvalue weighted by Crippen LogP contribution is -2.15. The number of hydrogen-bond acceptors (Lipinski definition) is 6. The van der Waals surface area contributed by atoms with Gasteiger partial charge in [-0.25, -0.2) is 4.79 Å². The minimum atomic E-state index is -1.33. The summed E-state index contributed by atoms with van der Waals surface area (Å²) in [7, 11) is 0. The molecule has 0 fully saturated rings. The monoisotopic (exact) mass is 355 g/mol. The fraction of sp³-hybridized carbons (Fsp3) is 0.786. The van der Waals surface area contributed by atoms with Crippen molar-refractivity contribution in [1.82, 2.24) is 0 Å². The van der Waals surface area contributed by atoms with Gasteiger partial charge < -0.3 is 36.4 Å². The Kier molecular flexibility index (Phi) is 23.7. The van der Waals surface area contributed by atoms with Crippen molar-refractivity contribution in [3.8, 4) is 0 Å². The lowest BCUT2D eigenvalue weighted by molar-refractivity contribution is -0.138. The molecule has 0 aromatic carbocycles. The van der Waals surface area contributed by atoms with Crippen molar-refractivity contribution in [2.45, 2.75) is 57.5 Å². The Balaban J connectivity index is -0.000000363. The first kappa shape index (κ1) is 27.0. The number of rotatable bonds is 11. The number of carboxylic acid groups (broad SMARTS) is 3. The molecule has 0 spiro atoms. The van der Waals surface area contributed by atoms with Crippen molar-refractivity contribution in [3.05, 3.63) is 0 Å². The van der Waals surface area contributed by atoms with Crippen molar-refractivity contribution < 1.29 is 45.0 Å². The van der Waals surface area contributed by atoms with Crippen molar-refractivity contribution in [1.29, 1.82) is 0 Å². The fourth-order valence-corrected chi connectivity index (χ4v) is 1.32. The zero-order chi connectivity index (χ0) is 19.4. The van der Waals surface area contributed by atoms with Crippen LogP contribution in [0.25, 0.3) is 0 Å². The third kappa shape index (κ3) is 42.7. The molecule has 0 rings (SSSR count). The van der Waals surface area contributed by atoms with Gasteiger partial charge in [0.05, 0.1) is 13.2 Å². The third-order valence-corrected chi connectivity index (χ3v) is 2.45. The van der Waals surface area contributed by atoms with Gasteiger partial charge in [-0.05, 0) is 12.8 Å². The number of carboxylic acids is 2. The number of hydrogen-bond donors (Lipinski definition) is 7. The zero-order valence-electron chi connectivity index (χ0n) is 13.6. The van der Waals surface area contributed by atoms with Crippen LogP contribution in [0.4, 0.5) is 4.79 Å². The molecule has 10 nitrogen and oxygen atoms in total. The lowest BCUT2D eigenvalue weighted by Gasteiger charge is -1.98. The summed E-state index contributed by atoms with van der Waals surface area (Å²) in [6.45, 7) is -0.729. The Morgan fingerprint density at radius 2 is 0.958 bits per heavy atom. The van der Waals surface area contributed by atoms with Crippen LogP contribution in [0.2, 0.25) is 0 Å². The third-order valence-electron chi connectivity index (χ3n) is 2.45. The number of aliphatic hydroxyl groups is 3. The molecule has 0 aliphatic heterocycles. The molecule has 0 heterocycles. The highest BCUT2D eigenvalue weighted by Crippen LogP contribution is 2.08. The summed E-state index contributed by atoms with van der Waals surface area (Å²) in [5.41, 5.74) is 4.03. The van der Waals surface area contributed by atoms with Crippen molar-refractivity contribution >= 4 is 18.0 Å². The average Bonchev–Trinajstić information content (AvgIpc) is 2.48. The maximum atomic E-state index is 10.1. The van der Waals surface area contributed by atoms with E-state index in [2.05, 4.69) is 5.73 Å². The number of aliphatic hydroxyl groups excluding tert-OH is 3. The SMILES string of the molecule is NC(=O)O.O=C(O)CCCCCCCCC(=O)O.OCC(O)CO. The molecule has 0 bridgehead atoms. The number of nitrogens with two attached hydrogens (primary N) is 1. The van der Waals surface area contributed by atoms with Gasteiger partial charge in [0.2, 0.25) is 0 Å². The molecule has 0 unspecified atom stereocenters. The van der Waals surface area contributed by atoms with Crippen LogP contribution in [-0.4, -0.2) is 68.0 Å².